The molecule has 0 radical (unpaired) electrons. The molecule has 1 unspecified atom stereocenters. The Morgan fingerprint density at radius 3 is 3.07 bits per heavy atom. The first kappa shape index (κ1) is 9.43. The molecule has 1 aromatic heterocycles. The van der Waals surface area contributed by atoms with Crippen LogP contribution < -0.4 is 5.32 Å². The van der Waals surface area contributed by atoms with E-state index in [2.05, 4.69) is 10.3 Å². The van der Waals surface area contributed by atoms with Gasteiger partial charge in [0.25, 0.3) is 0 Å². The van der Waals surface area contributed by atoms with Gasteiger partial charge in [0.15, 0.2) is 0 Å². The van der Waals surface area contributed by atoms with Crippen molar-refractivity contribution in [1.29, 1.82) is 0 Å². The van der Waals surface area contributed by atoms with Crippen LogP contribution in [0.2, 0.25) is 0 Å². The molecule has 4 nitrogen and oxygen atoms in total. The van der Waals surface area contributed by atoms with Crippen molar-refractivity contribution in [3.63, 3.8) is 0 Å². The van der Waals surface area contributed by atoms with Gasteiger partial charge >= 0.3 is 0 Å². The zero-order valence-corrected chi connectivity index (χ0v) is 7.90. The first-order chi connectivity index (χ1) is 6.83. The SMILES string of the molecule is OCc1ccnc(C2CCCN2)c1O. The lowest BCUT2D eigenvalue weighted by Crippen LogP contribution is -2.14. The second-order valence-electron chi connectivity index (χ2n) is 3.51. The first-order valence-electron chi connectivity index (χ1n) is 4.84. The number of hydrogen-bond donors (Lipinski definition) is 3. The second-order valence-corrected chi connectivity index (χ2v) is 3.51. The highest BCUT2D eigenvalue weighted by molar-refractivity contribution is 5.37. The van der Waals surface area contributed by atoms with E-state index in [1.807, 2.05) is 0 Å². The number of nitrogens with one attached hydrogen (secondary N) is 1. The van der Waals surface area contributed by atoms with E-state index in [1.54, 1.807) is 12.3 Å². The fraction of sp³-hybridized carbons (Fsp3) is 0.500. The summed E-state index contributed by atoms with van der Waals surface area (Å²) in [6, 6.07) is 1.77. The zero-order chi connectivity index (χ0) is 9.97. The molecule has 1 aromatic rings. The molecule has 1 fully saturated rings. The van der Waals surface area contributed by atoms with Gasteiger partial charge in [0.05, 0.1) is 18.3 Å². The molecule has 0 saturated carbocycles. The highest BCUT2D eigenvalue weighted by Crippen LogP contribution is 2.30. The number of aliphatic hydroxyl groups is 1. The number of hydrogen-bond acceptors (Lipinski definition) is 4. The maximum atomic E-state index is 9.79. The van der Waals surface area contributed by atoms with Gasteiger partial charge in [-0.1, -0.05) is 0 Å². The van der Waals surface area contributed by atoms with Crippen LogP contribution in [0.3, 0.4) is 0 Å². The van der Waals surface area contributed by atoms with E-state index in [0.29, 0.717) is 11.3 Å². The summed E-state index contributed by atoms with van der Waals surface area (Å²) in [6.07, 6.45) is 3.73. The van der Waals surface area contributed by atoms with E-state index in [4.69, 9.17) is 5.11 Å². The monoisotopic (exact) mass is 194 g/mol. The quantitative estimate of drug-likeness (QED) is 0.648. The summed E-state index contributed by atoms with van der Waals surface area (Å²) in [5.74, 6) is 0.134. The molecule has 0 amide bonds. The van der Waals surface area contributed by atoms with Gasteiger partial charge in [-0.25, -0.2) is 0 Å². The number of pyridine rings is 1. The van der Waals surface area contributed by atoms with Crippen molar-refractivity contribution in [3.8, 4) is 5.75 Å². The molecule has 1 aliphatic heterocycles. The highest BCUT2D eigenvalue weighted by atomic mass is 16.3. The minimum Gasteiger partial charge on any atom is -0.506 e. The van der Waals surface area contributed by atoms with Crippen LogP contribution in [0.5, 0.6) is 5.75 Å². The van der Waals surface area contributed by atoms with Crippen LogP contribution in [0, 0.1) is 0 Å². The molecule has 0 bridgehead atoms. The molecule has 2 rings (SSSR count). The zero-order valence-electron chi connectivity index (χ0n) is 7.90. The summed E-state index contributed by atoms with van der Waals surface area (Å²) < 4.78 is 0. The van der Waals surface area contributed by atoms with Crippen LogP contribution in [0.25, 0.3) is 0 Å². The smallest absolute Gasteiger partial charge is 0.144 e. The maximum Gasteiger partial charge on any atom is 0.144 e. The van der Waals surface area contributed by atoms with Crippen molar-refractivity contribution in [2.75, 3.05) is 6.54 Å². The molecule has 0 aromatic carbocycles. The van der Waals surface area contributed by atoms with Crippen molar-refractivity contribution in [3.05, 3.63) is 23.5 Å². The Labute approximate surface area is 82.6 Å². The van der Waals surface area contributed by atoms with Gasteiger partial charge in [0.2, 0.25) is 0 Å². The molecule has 1 aliphatic rings. The Hall–Kier alpha value is -1.13. The fourth-order valence-corrected chi connectivity index (χ4v) is 1.81. The van der Waals surface area contributed by atoms with Crippen LogP contribution in [-0.2, 0) is 6.61 Å². The third kappa shape index (κ3) is 1.58. The van der Waals surface area contributed by atoms with E-state index in [9.17, 15) is 5.11 Å². The predicted octanol–water partition coefficient (Wildman–Crippen LogP) is 0.704. The minimum absolute atomic E-state index is 0.134. The van der Waals surface area contributed by atoms with Gasteiger partial charge in [-0.15, -0.1) is 0 Å². The molecule has 0 spiro atoms. The third-order valence-electron chi connectivity index (χ3n) is 2.60. The van der Waals surface area contributed by atoms with E-state index >= 15 is 0 Å². The predicted molar refractivity (Wildman–Crippen MR) is 51.8 cm³/mol. The Kier molecular flexibility index (Phi) is 2.65. The number of rotatable bonds is 2. The van der Waals surface area contributed by atoms with E-state index in [0.717, 1.165) is 19.4 Å². The normalized spacial score (nSPS) is 21.4. The van der Waals surface area contributed by atoms with Crippen LogP contribution in [0.4, 0.5) is 0 Å². The van der Waals surface area contributed by atoms with Crippen LogP contribution in [0.1, 0.15) is 30.1 Å². The number of nitrogens with zero attached hydrogens (tertiary/aromatic N) is 1. The molecule has 14 heavy (non-hydrogen) atoms. The Balaban J connectivity index is 2.32. The number of aliphatic hydroxyl groups excluding tert-OH is 1. The molecule has 1 saturated heterocycles. The van der Waals surface area contributed by atoms with Crippen molar-refractivity contribution in [2.24, 2.45) is 0 Å². The van der Waals surface area contributed by atoms with Crippen LogP contribution >= 0.6 is 0 Å². The van der Waals surface area contributed by atoms with Gasteiger partial charge in [0, 0.05) is 11.8 Å². The molecule has 0 aliphatic carbocycles. The summed E-state index contributed by atoms with van der Waals surface area (Å²) in [6.45, 7) is 0.823. The van der Waals surface area contributed by atoms with Gasteiger partial charge < -0.3 is 15.5 Å². The lowest BCUT2D eigenvalue weighted by molar-refractivity contribution is 0.274. The molecular weight excluding hydrogens is 180 g/mol. The van der Waals surface area contributed by atoms with E-state index in [1.165, 1.54) is 0 Å². The Morgan fingerprint density at radius 1 is 1.57 bits per heavy atom. The molecular formula is C10H14N2O2. The highest BCUT2D eigenvalue weighted by Gasteiger charge is 2.21. The minimum atomic E-state index is -0.145. The third-order valence-corrected chi connectivity index (χ3v) is 2.60. The number of aromatic hydroxyl groups is 1. The molecule has 1 atom stereocenters. The molecule has 4 heteroatoms. The lowest BCUT2D eigenvalue weighted by atomic mass is 10.1. The summed E-state index contributed by atoms with van der Waals surface area (Å²) in [5, 5.41) is 22.0. The maximum absolute atomic E-state index is 9.79. The van der Waals surface area contributed by atoms with Crippen molar-refractivity contribution >= 4 is 0 Å². The standard InChI is InChI=1S/C10H14N2O2/c13-6-7-3-5-12-9(10(7)14)8-2-1-4-11-8/h3,5,8,11,13-14H,1-2,4,6H2. The summed E-state index contributed by atoms with van der Waals surface area (Å²) in [7, 11) is 0. The topological polar surface area (TPSA) is 65.4 Å². The van der Waals surface area contributed by atoms with Crippen LogP contribution in [-0.4, -0.2) is 21.7 Å². The molecule has 3 N–H and O–H groups in total. The van der Waals surface area contributed by atoms with Crippen molar-refractivity contribution in [2.45, 2.75) is 25.5 Å². The van der Waals surface area contributed by atoms with Crippen molar-refractivity contribution in [1.82, 2.24) is 10.3 Å². The van der Waals surface area contributed by atoms with Gasteiger partial charge in [-0.05, 0) is 25.5 Å². The van der Waals surface area contributed by atoms with Gasteiger partial charge in [0.1, 0.15) is 5.75 Å². The van der Waals surface area contributed by atoms with Crippen LogP contribution in [0.15, 0.2) is 12.3 Å². The Bertz CT molecular complexity index is 322. The van der Waals surface area contributed by atoms with Crippen molar-refractivity contribution < 1.29 is 10.2 Å². The first-order valence-corrected chi connectivity index (χ1v) is 4.84. The van der Waals surface area contributed by atoms with E-state index in [-0.39, 0.29) is 18.4 Å². The fourth-order valence-electron chi connectivity index (χ4n) is 1.81. The molecule has 76 valence electrons. The summed E-state index contributed by atoms with van der Waals surface area (Å²) >= 11 is 0. The second kappa shape index (κ2) is 3.94. The lowest BCUT2D eigenvalue weighted by Gasteiger charge is -2.12. The van der Waals surface area contributed by atoms with Gasteiger partial charge in [-0.3, -0.25) is 4.98 Å². The van der Waals surface area contributed by atoms with Gasteiger partial charge in [-0.2, -0.15) is 0 Å². The average molecular weight is 194 g/mol. The Morgan fingerprint density at radius 2 is 2.43 bits per heavy atom. The van der Waals surface area contributed by atoms with E-state index < -0.39 is 0 Å². The largest absolute Gasteiger partial charge is 0.506 e. The molecule has 2 heterocycles. The average Bonchev–Trinajstić information content (AvgIpc) is 2.71. The number of aromatic nitrogens is 1. The summed E-state index contributed by atoms with van der Waals surface area (Å²) in [4.78, 5) is 4.15. The summed E-state index contributed by atoms with van der Waals surface area (Å²) in [5.41, 5.74) is 1.21.